The lowest BCUT2D eigenvalue weighted by Gasteiger charge is -2.28. The number of furan rings is 1. The van der Waals surface area contributed by atoms with E-state index in [2.05, 4.69) is 195 Å². The Kier molecular flexibility index (Phi) is 6.80. The van der Waals surface area contributed by atoms with Crippen molar-refractivity contribution in [3.63, 3.8) is 0 Å². The molecule has 0 radical (unpaired) electrons. The molecule has 2 aromatic heterocycles. The van der Waals surface area contributed by atoms with E-state index in [1.807, 2.05) is 11.3 Å². The lowest BCUT2D eigenvalue weighted by molar-refractivity contribution is 0.660. The normalized spacial score (nSPS) is 13.1. The van der Waals surface area contributed by atoms with Gasteiger partial charge in [0.2, 0.25) is 0 Å². The van der Waals surface area contributed by atoms with Crippen molar-refractivity contribution in [3.05, 3.63) is 187 Å². The van der Waals surface area contributed by atoms with E-state index in [4.69, 9.17) is 4.42 Å². The first kappa shape index (κ1) is 31.1. The molecule has 2 heterocycles. The van der Waals surface area contributed by atoms with Crippen molar-refractivity contribution in [2.24, 2.45) is 0 Å². The van der Waals surface area contributed by atoms with Gasteiger partial charge in [0.15, 0.2) is 0 Å². The molecule has 11 rings (SSSR count). The maximum atomic E-state index is 6.61. The molecule has 3 heteroatoms. The lowest BCUT2D eigenvalue weighted by atomic mass is 9.82. The molecule has 0 unspecified atom stereocenters. The molecule has 0 atom stereocenters. The van der Waals surface area contributed by atoms with Gasteiger partial charge in [-0.25, -0.2) is 0 Å². The van der Waals surface area contributed by atoms with Gasteiger partial charge in [0.25, 0.3) is 0 Å². The fourth-order valence-electron chi connectivity index (χ4n) is 8.88. The maximum Gasteiger partial charge on any atom is 0.137 e. The highest BCUT2D eigenvalue weighted by Gasteiger charge is 2.36. The summed E-state index contributed by atoms with van der Waals surface area (Å²) in [5.41, 5.74) is 15.2. The third-order valence-electron chi connectivity index (χ3n) is 11.5. The van der Waals surface area contributed by atoms with Gasteiger partial charge in [0.05, 0.1) is 11.1 Å². The molecule has 0 spiro atoms. The molecule has 0 N–H and O–H groups in total. The van der Waals surface area contributed by atoms with Crippen LogP contribution in [0.15, 0.2) is 180 Å². The van der Waals surface area contributed by atoms with Crippen LogP contribution in [0.1, 0.15) is 25.0 Å². The quantitative estimate of drug-likeness (QED) is 0.177. The zero-order valence-corrected chi connectivity index (χ0v) is 30.8. The van der Waals surface area contributed by atoms with Crippen molar-refractivity contribution in [1.29, 1.82) is 0 Å². The minimum atomic E-state index is -0.134. The van der Waals surface area contributed by atoms with Crippen LogP contribution in [0, 0.1) is 0 Å². The summed E-state index contributed by atoms with van der Waals surface area (Å²) in [5.74, 6) is 0. The zero-order valence-electron chi connectivity index (χ0n) is 30.0. The van der Waals surface area contributed by atoms with Crippen molar-refractivity contribution in [2.75, 3.05) is 4.90 Å². The van der Waals surface area contributed by atoms with Crippen molar-refractivity contribution in [3.8, 4) is 33.4 Å². The largest absolute Gasteiger partial charge is 0.456 e. The molecule has 8 aromatic carbocycles. The summed E-state index contributed by atoms with van der Waals surface area (Å²) in [6, 6.07) is 64.1. The maximum absolute atomic E-state index is 6.61. The Balaban J connectivity index is 1.19. The Bertz CT molecular complexity index is 3080. The highest BCUT2D eigenvalue weighted by Crippen LogP contribution is 2.52. The van der Waals surface area contributed by atoms with E-state index in [0.717, 1.165) is 39.0 Å². The molecule has 54 heavy (non-hydrogen) atoms. The van der Waals surface area contributed by atoms with Crippen molar-refractivity contribution in [1.82, 2.24) is 0 Å². The van der Waals surface area contributed by atoms with Crippen LogP contribution in [-0.4, -0.2) is 0 Å². The number of benzene rings is 8. The van der Waals surface area contributed by atoms with Crippen molar-refractivity contribution < 1.29 is 4.42 Å². The summed E-state index contributed by atoms with van der Waals surface area (Å²) in [4.78, 5) is 2.46. The Morgan fingerprint density at radius 2 is 1.15 bits per heavy atom. The molecule has 0 amide bonds. The van der Waals surface area contributed by atoms with Crippen molar-refractivity contribution in [2.45, 2.75) is 19.3 Å². The summed E-state index contributed by atoms with van der Waals surface area (Å²) < 4.78 is 9.19. The first-order valence-corrected chi connectivity index (χ1v) is 19.4. The molecule has 0 fully saturated rings. The minimum Gasteiger partial charge on any atom is -0.456 e. The molecule has 0 aliphatic heterocycles. The molecule has 0 saturated carbocycles. The molecule has 1 aliphatic carbocycles. The SMILES string of the molecule is CC1(C)c2ccccc2-c2ccc(N(c3ccc4sc5cccc(-c6ccccc6)c5c4c3)c3cccc4oc5ccc(-c6ccccc6)cc5c34)cc21. The third-order valence-corrected chi connectivity index (χ3v) is 12.6. The number of nitrogens with zero attached hydrogens (tertiary/aromatic N) is 1. The molecule has 10 aromatic rings. The van der Waals surface area contributed by atoms with Gasteiger partial charge in [-0.3, -0.25) is 0 Å². The molecule has 2 nitrogen and oxygen atoms in total. The van der Waals surface area contributed by atoms with Gasteiger partial charge in [-0.1, -0.05) is 129 Å². The Labute approximate surface area is 318 Å². The second-order valence-electron chi connectivity index (χ2n) is 14.9. The van der Waals surface area contributed by atoms with E-state index in [0.29, 0.717) is 0 Å². The van der Waals surface area contributed by atoms with E-state index < -0.39 is 0 Å². The number of thiophene rings is 1. The summed E-state index contributed by atoms with van der Waals surface area (Å²) in [5, 5.41) is 4.78. The summed E-state index contributed by atoms with van der Waals surface area (Å²) in [7, 11) is 0. The molecule has 0 saturated heterocycles. The van der Waals surface area contributed by atoms with Gasteiger partial charge < -0.3 is 9.32 Å². The molecular weight excluding hydrogens is 675 g/mol. The zero-order chi connectivity index (χ0) is 36.0. The second kappa shape index (κ2) is 11.8. The Hall–Kier alpha value is -6.42. The van der Waals surface area contributed by atoms with E-state index in [1.165, 1.54) is 64.7 Å². The highest BCUT2D eigenvalue weighted by atomic mass is 32.1. The van der Waals surface area contributed by atoms with E-state index in [1.54, 1.807) is 0 Å². The van der Waals surface area contributed by atoms with Crippen LogP contribution in [0.3, 0.4) is 0 Å². The average molecular weight is 710 g/mol. The molecule has 0 bridgehead atoms. The lowest BCUT2D eigenvalue weighted by Crippen LogP contribution is -2.16. The van der Waals surface area contributed by atoms with Gasteiger partial charge in [-0.15, -0.1) is 11.3 Å². The first-order valence-electron chi connectivity index (χ1n) is 18.6. The van der Waals surface area contributed by atoms with Crippen LogP contribution in [0.4, 0.5) is 17.1 Å². The van der Waals surface area contributed by atoms with E-state index in [-0.39, 0.29) is 5.41 Å². The monoisotopic (exact) mass is 709 g/mol. The summed E-state index contributed by atoms with van der Waals surface area (Å²) in [6.07, 6.45) is 0. The molecule has 1 aliphatic rings. The van der Waals surface area contributed by atoms with Crippen LogP contribution in [0.25, 0.3) is 75.5 Å². The fraction of sp³-hybridized carbons (Fsp3) is 0.0588. The van der Waals surface area contributed by atoms with Gasteiger partial charge in [-0.05, 0) is 105 Å². The number of hydrogen-bond donors (Lipinski definition) is 0. The average Bonchev–Trinajstić information content (AvgIpc) is 3.86. The number of anilines is 3. The number of hydrogen-bond acceptors (Lipinski definition) is 3. The van der Waals surface area contributed by atoms with Crippen molar-refractivity contribution >= 4 is 70.5 Å². The topological polar surface area (TPSA) is 16.4 Å². The number of rotatable bonds is 5. The van der Waals surface area contributed by atoms with Gasteiger partial charge in [0.1, 0.15) is 11.2 Å². The smallest absolute Gasteiger partial charge is 0.137 e. The van der Waals surface area contributed by atoms with Gasteiger partial charge in [-0.2, -0.15) is 0 Å². The van der Waals surface area contributed by atoms with Crippen LogP contribution in [0.5, 0.6) is 0 Å². The van der Waals surface area contributed by atoms with Crippen LogP contribution >= 0.6 is 11.3 Å². The Morgan fingerprint density at radius 3 is 2.00 bits per heavy atom. The van der Waals surface area contributed by atoms with Gasteiger partial charge in [0, 0.05) is 42.3 Å². The summed E-state index contributed by atoms with van der Waals surface area (Å²) in [6.45, 7) is 4.71. The Morgan fingerprint density at radius 1 is 0.444 bits per heavy atom. The highest BCUT2D eigenvalue weighted by molar-refractivity contribution is 7.26. The van der Waals surface area contributed by atoms with Crippen LogP contribution in [-0.2, 0) is 5.41 Å². The minimum absolute atomic E-state index is 0.134. The van der Waals surface area contributed by atoms with Gasteiger partial charge >= 0.3 is 0 Å². The number of fused-ring (bicyclic) bond motifs is 9. The third kappa shape index (κ3) is 4.65. The standard InChI is InChI=1S/C51H35NOS/c1-51(2)42-19-10-9-17-38(42)39-26-24-36(31-43(39)51)52(35-25-28-47-41(30-35)49-37(18-11-22-48(49)54-47)33-15-7-4-8-16-33)44-20-12-21-46-50(44)40-29-34(23-27-45(40)53-46)32-13-5-3-6-14-32/h3-31H,1-2H3. The fourth-order valence-corrected chi connectivity index (χ4v) is 9.99. The van der Waals surface area contributed by atoms with Crippen LogP contribution < -0.4 is 4.90 Å². The van der Waals surface area contributed by atoms with E-state index >= 15 is 0 Å². The van der Waals surface area contributed by atoms with E-state index in [9.17, 15) is 0 Å². The molecular formula is C51H35NOS. The predicted molar refractivity (Wildman–Crippen MR) is 230 cm³/mol. The second-order valence-corrected chi connectivity index (χ2v) is 16.0. The molecule has 256 valence electrons. The summed E-state index contributed by atoms with van der Waals surface area (Å²) >= 11 is 1.86. The first-order chi connectivity index (χ1) is 26.5. The van der Waals surface area contributed by atoms with Crippen LogP contribution in [0.2, 0.25) is 0 Å². The predicted octanol–water partition coefficient (Wildman–Crippen LogP) is 15.1.